The van der Waals surface area contributed by atoms with E-state index in [9.17, 15) is 17.6 Å². The molecule has 10 heteroatoms. The van der Waals surface area contributed by atoms with Crippen LogP contribution in [0.15, 0.2) is 30.5 Å². The molecule has 144 valence electrons. The fraction of sp³-hybridized carbons (Fsp3) is 0.471. The lowest BCUT2D eigenvalue weighted by Gasteiger charge is -2.37. The zero-order chi connectivity index (χ0) is 19.0. The number of sulfonamides is 1. The number of carbonyl (C=O) groups excluding carboxylic acids is 1. The minimum atomic E-state index is -3.50. The van der Waals surface area contributed by atoms with E-state index in [1.807, 2.05) is 0 Å². The van der Waals surface area contributed by atoms with Crippen LogP contribution < -0.4 is 0 Å². The maximum absolute atomic E-state index is 13.2. The summed E-state index contributed by atoms with van der Waals surface area (Å²) in [6.07, 6.45) is 3.22. The van der Waals surface area contributed by atoms with Crippen molar-refractivity contribution in [2.24, 2.45) is 0 Å². The SMILES string of the molecule is O=C1CCCN1Cc1cn(C2CN(S(=O)(=O)Cc3cccc(F)c3)C2)nn1. The van der Waals surface area contributed by atoms with Gasteiger partial charge in [-0.1, -0.05) is 17.3 Å². The van der Waals surface area contributed by atoms with Gasteiger partial charge in [0.25, 0.3) is 0 Å². The summed E-state index contributed by atoms with van der Waals surface area (Å²) in [6.45, 7) is 1.79. The Kier molecular flexibility index (Phi) is 4.68. The van der Waals surface area contributed by atoms with Crippen molar-refractivity contribution in [1.29, 1.82) is 0 Å². The zero-order valence-corrected chi connectivity index (χ0v) is 15.5. The number of halogens is 1. The third-order valence-electron chi connectivity index (χ3n) is 4.92. The summed E-state index contributed by atoms with van der Waals surface area (Å²) in [5, 5.41) is 8.17. The Morgan fingerprint density at radius 1 is 1.26 bits per heavy atom. The molecule has 2 saturated heterocycles. The Hall–Kier alpha value is -2.33. The number of aromatic nitrogens is 3. The number of likely N-dealkylation sites (tertiary alicyclic amines) is 1. The fourth-order valence-electron chi connectivity index (χ4n) is 3.37. The summed E-state index contributed by atoms with van der Waals surface area (Å²) in [5.41, 5.74) is 1.13. The van der Waals surface area contributed by atoms with Gasteiger partial charge in [-0.3, -0.25) is 4.79 Å². The molecule has 4 rings (SSSR count). The first-order valence-electron chi connectivity index (χ1n) is 8.81. The number of amides is 1. The number of carbonyl (C=O) groups is 1. The quantitative estimate of drug-likeness (QED) is 0.728. The van der Waals surface area contributed by atoms with Crippen molar-refractivity contribution in [3.05, 3.63) is 47.5 Å². The van der Waals surface area contributed by atoms with E-state index >= 15 is 0 Å². The molecule has 0 atom stereocenters. The minimum absolute atomic E-state index is 0.0807. The third-order valence-corrected chi connectivity index (χ3v) is 6.70. The van der Waals surface area contributed by atoms with Crippen LogP contribution in [0, 0.1) is 5.82 Å². The van der Waals surface area contributed by atoms with E-state index in [1.54, 1.807) is 21.8 Å². The first kappa shape index (κ1) is 18.1. The molecule has 8 nitrogen and oxygen atoms in total. The monoisotopic (exact) mass is 393 g/mol. The minimum Gasteiger partial charge on any atom is -0.337 e. The van der Waals surface area contributed by atoms with E-state index in [1.165, 1.54) is 22.5 Å². The highest BCUT2D eigenvalue weighted by molar-refractivity contribution is 7.88. The second-order valence-electron chi connectivity index (χ2n) is 6.97. The third kappa shape index (κ3) is 3.86. The van der Waals surface area contributed by atoms with Crippen molar-refractivity contribution in [2.75, 3.05) is 19.6 Å². The smallest absolute Gasteiger partial charge is 0.222 e. The van der Waals surface area contributed by atoms with Crippen LogP contribution in [0.2, 0.25) is 0 Å². The van der Waals surface area contributed by atoms with Crippen molar-refractivity contribution in [3.8, 4) is 0 Å². The maximum Gasteiger partial charge on any atom is 0.222 e. The van der Waals surface area contributed by atoms with Crippen LogP contribution in [0.4, 0.5) is 4.39 Å². The number of benzene rings is 1. The zero-order valence-electron chi connectivity index (χ0n) is 14.7. The van der Waals surface area contributed by atoms with Gasteiger partial charge in [0.2, 0.25) is 15.9 Å². The molecule has 0 spiro atoms. The molecular formula is C17H20FN5O3S. The Bertz CT molecular complexity index is 955. The predicted octanol–water partition coefficient (Wildman–Crippen LogP) is 0.926. The molecular weight excluding hydrogens is 373 g/mol. The summed E-state index contributed by atoms with van der Waals surface area (Å²) in [5.74, 6) is -0.546. The van der Waals surface area contributed by atoms with Crippen LogP contribution in [0.25, 0.3) is 0 Å². The lowest BCUT2D eigenvalue weighted by Crippen LogP contribution is -2.51. The van der Waals surface area contributed by atoms with Gasteiger partial charge < -0.3 is 4.90 Å². The summed E-state index contributed by atoms with van der Waals surface area (Å²) < 4.78 is 41.2. The highest BCUT2D eigenvalue weighted by atomic mass is 32.2. The van der Waals surface area contributed by atoms with Crippen LogP contribution in [0.5, 0.6) is 0 Å². The van der Waals surface area contributed by atoms with Crippen molar-refractivity contribution in [1.82, 2.24) is 24.2 Å². The maximum atomic E-state index is 13.2. The first-order valence-corrected chi connectivity index (χ1v) is 10.4. The lowest BCUT2D eigenvalue weighted by atomic mass is 10.2. The second-order valence-corrected chi connectivity index (χ2v) is 8.93. The van der Waals surface area contributed by atoms with Crippen molar-refractivity contribution in [2.45, 2.75) is 31.2 Å². The molecule has 2 aromatic rings. The Labute approximate surface area is 156 Å². The highest BCUT2D eigenvalue weighted by Crippen LogP contribution is 2.26. The van der Waals surface area contributed by atoms with Crippen LogP contribution >= 0.6 is 0 Å². The molecule has 1 amide bonds. The molecule has 27 heavy (non-hydrogen) atoms. The highest BCUT2D eigenvalue weighted by Gasteiger charge is 2.37. The van der Waals surface area contributed by atoms with Crippen molar-refractivity contribution in [3.63, 3.8) is 0 Å². The Balaban J connectivity index is 1.34. The largest absolute Gasteiger partial charge is 0.337 e. The van der Waals surface area contributed by atoms with Crippen LogP contribution in [0.3, 0.4) is 0 Å². The summed E-state index contributed by atoms with van der Waals surface area (Å²) in [6, 6.07) is 5.54. The average molecular weight is 393 g/mol. The van der Waals surface area contributed by atoms with Gasteiger partial charge in [-0.05, 0) is 24.1 Å². The second kappa shape index (κ2) is 7.01. The number of hydrogen-bond donors (Lipinski definition) is 0. The van der Waals surface area contributed by atoms with Crippen LogP contribution in [0.1, 0.15) is 30.1 Å². The van der Waals surface area contributed by atoms with Gasteiger partial charge in [0.15, 0.2) is 0 Å². The van der Waals surface area contributed by atoms with E-state index in [4.69, 9.17) is 0 Å². The van der Waals surface area contributed by atoms with Gasteiger partial charge >= 0.3 is 0 Å². The first-order chi connectivity index (χ1) is 12.9. The summed E-state index contributed by atoms with van der Waals surface area (Å²) in [7, 11) is -3.50. The molecule has 2 fully saturated rings. The van der Waals surface area contributed by atoms with E-state index in [0.29, 0.717) is 37.3 Å². The van der Waals surface area contributed by atoms with E-state index < -0.39 is 15.8 Å². The molecule has 2 aliphatic rings. The average Bonchev–Trinajstić information content (AvgIpc) is 3.15. The molecule has 0 N–H and O–H groups in total. The summed E-state index contributed by atoms with van der Waals surface area (Å²) in [4.78, 5) is 13.4. The molecule has 0 unspecified atom stereocenters. The molecule has 3 heterocycles. The van der Waals surface area contributed by atoms with E-state index in [2.05, 4.69) is 10.3 Å². The molecule has 1 aromatic carbocycles. The lowest BCUT2D eigenvalue weighted by molar-refractivity contribution is -0.128. The number of rotatable bonds is 6. The number of nitrogens with zero attached hydrogens (tertiary/aromatic N) is 5. The number of hydrogen-bond acceptors (Lipinski definition) is 5. The van der Waals surface area contributed by atoms with Gasteiger partial charge in [0.1, 0.15) is 11.5 Å². The van der Waals surface area contributed by atoms with Crippen LogP contribution in [-0.2, 0) is 27.1 Å². The summed E-state index contributed by atoms with van der Waals surface area (Å²) >= 11 is 0. The predicted molar refractivity (Wildman–Crippen MR) is 94.3 cm³/mol. The standard InChI is InChI=1S/C17H20FN5O3S/c18-14-4-1-3-13(7-14)12-27(25,26)22-10-16(11-22)23-9-15(19-20-23)8-21-6-2-5-17(21)24/h1,3-4,7,9,16H,2,5-6,8,10-12H2. The molecule has 0 aliphatic carbocycles. The van der Waals surface area contributed by atoms with Crippen molar-refractivity contribution >= 4 is 15.9 Å². The van der Waals surface area contributed by atoms with Gasteiger partial charge in [-0.25, -0.2) is 17.5 Å². The van der Waals surface area contributed by atoms with Gasteiger partial charge in [0.05, 0.1) is 24.5 Å². The van der Waals surface area contributed by atoms with Crippen molar-refractivity contribution < 1.29 is 17.6 Å². The molecule has 2 aliphatic heterocycles. The topological polar surface area (TPSA) is 88.4 Å². The molecule has 0 saturated carbocycles. The van der Waals surface area contributed by atoms with Gasteiger partial charge in [-0.2, -0.15) is 4.31 Å². The molecule has 0 radical (unpaired) electrons. The van der Waals surface area contributed by atoms with E-state index in [0.717, 1.165) is 13.0 Å². The Morgan fingerprint density at radius 2 is 2.07 bits per heavy atom. The Morgan fingerprint density at radius 3 is 2.78 bits per heavy atom. The normalized spacial score (nSPS) is 18.9. The van der Waals surface area contributed by atoms with E-state index in [-0.39, 0.29) is 17.7 Å². The molecule has 1 aromatic heterocycles. The fourth-order valence-corrected chi connectivity index (χ4v) is 4.95. The molecule has 0 bridgehead atoms. The van der Waals surface area contributed by atoms with Crippen LogP contribution in [-0.4, -0.2) is 58.2 Å². The van der Waals surface area contributed by atoms with Gasteiger partial charge in [-0.15, -0.1) is 5.10 Å². The van der Waals surface area contributed by atoms with Gasteiger partial charge in [0, 0.05) is 26.1 Å².